The van der Waals surface area contributed by atoms with Gasteiger partial charge in [0.15, 0.2) is 0 Å². The Morgan fingerprint density at radius 3 is 2.94 bits per heavy atom. The van der Waals surface area contributed by atoms with Crippen LogP contribution < -0.4 is 4.74 Å². The van der Waals surface area contributed by atoms with Gasteiger partial charge in [-0.05, 0) is 36.1 Å². The lowest BCUT2D eigenvalue weighted by Crippen LogP contribution is -2.45. The van der Waals surface area contributed by atoms with Crippen molar-refractivity contribution < 1.29 is 4.74 Å². The van der Waals surface area contributed by atoms with Crippen LogP contribution in [-0.2, 0) is 6.42 Å². The van der Waals surface area contributed by atoms with Gasteiger partial charge in [0.2, 0.25) is 0 Å². The number of aromatic amines is 1. The molecule has 1 aromatic heterocycles. The molecule has 0 atom stereocenters. The van der Waals surface area contributed by atoms with E-state index in [2.05, 4.69) is 35.1 Å². The number of nitrogens with one attached hydrogen (secondary N) is 1. The Balaban J connectivity index is 1.74. The SMILES string of the molecule is COc1ccc2[nH]cc(CCN3CC(C)C3)c2c1. The Labute approximate surface area is 108 Å². The molecule has 1 fully saturated rings. The largest absolute Gasteiger partial charge is 0.497 e. The maximum Gasteiger partial charge on any atom is 0.119 e. The number of benzene rings is 1. The number of rotatable bonds is 4. The number of nitrogens with zero attached hydrogens (tertiary/aromatic N) is 1. The Bertz CT molecular complexity index is 540. The minimum Gasteiger partial charge on any atom is -0.497 e. The second kappa shape index (κ2) is 4.65. The van der Waals surface area contributed by atoms with Gasteiger partial charge in [0.05, 0.1) is 7.11 Å². The minimum atomic E-state index is 0.882. The fourth-order valence-corrected chi connectivity index (χ4v) is 2.78. The zero-order chi connectivity index (χ0) is 12.5. The van der Waals surface area contributed by atoms with E-state index < -0.39 is 0 Å². The first kappa shape index (κ1) is 11.6. The Morgan fingerprint density at radius 1 is 1.39 bits per heavy atom. The number of hydrogen-bond donors (Lipinski definition) is 1. The molecule has 96 valence electrons. The first-order valence-electron chi connectivity index (χ1n) is 6.62. The van der Waals surface area contributed by atoms with Crippen LogP contribution in [0.25, 0.3) is 10.9 Å². The van der Waals surface area contributed by atoms with Gasteiger partial charge in [-0.1, -0.05) is 6.92 Å². The summed E-state index contributed by atoms with van der Waals surface area (Å²) in [5.41, 5.74) is 2.59. The molecule has 18 heavy (non-hydrogen) atoms. The van der Waals surface area contributed by atoms with E-state index in [-0.39, 0.29) is 0 Å². The lowest BCUT2D eigenvalue weighted by molar-refractivity contribution is 0.115. The summed E-state index contributed by atoms with van der Waals surface area (Å²) in [4.78, 5) is 5.85. The normalized spacial score (nSPS) is 17.0. The number of hydrogen-bond acceptors (Lipinski definition) is 2. The second-order valence-corrected chi connectivity index (χ2v) is 5.34. The van der Waals surface area contributed by atoms with Crippen LogP contribution >= 0.6 is 0 Å². The van der Waals surface area contributed by atoms with Gasteiger partial charge in [0.25, 0.3) is 0 Å². The summed E-state index contributed by atoms with van der Waals surface area (Å²) >= 11 is 0. The van der Waals surface area contributed by atoms with Crippen molar-refractivity contribution in [3.8, 4) is 5.75 Å². The smallest absolute Gasteiger partial charge is 0.119 e. The van der Waals surface area contributed by atoms with E-state index in [0.717, 1.165) is 24.6 Å². The zero-order valence-corrected chi connectivity index (χ0v) is 11.1. The summed E-state index contributed by atoms with van der Waals surface area (Å²) in [6.45, 7) is 5.99. The fraction of sp³-hybridized carbons (Fsp3) is 0.467. The highest BCUT2D eigenvalue weighted by molar-refractivity contribution is 5.84. The predicted molar refractivity (Wildman–Crippen MR) is 74.2 cm³/mol. The molecule has 0 spiro atoms. The fourth-order valence-electron chi connectivity index (χ4n) is 2.78. The summed E-state index contributed by atoms with van der Waals surface area (Å²) in [6, 6.07) is 6.21. The van der Waals surface area contributed by atoms with Crippen molar-refractivity contribution in [1.82, 2.24) is 9.88 Å². The topological polar surface area (TPSA) is 28.3 Å². The third-order valence-electron chi connectivity index (χ3n) is 3.81. The number of methoxy groups -OCH3 is 1. The second-order valence-electron chi connectivity index (χ2n) is 5.34. The molecule has 2 heterocycles. The molecule has 1 aliphatic rings. The van der Waals surface area contributed by atoms with Crippen molar-refractivity contribution in [1.29, 1.82) is 0 Å². The van der Waals surface area contributed by atoms with Crippen LogP contribution in [0.4, 0.5) is 0 Å². The predicted octanol–water partition coefficient (Wildman–Crippen LogP) is 2.67. The van der Waals surface area contributed by atoms with Gasteiger partial charge in [0, 0.05) is 36.7 Å². The average molecular weight is 244 g/mol. The highest BCUT2D eigenvalue weighted by Crippen LogP contribution is 2.24. The van der Waals surface area contributed by atoms with Gasteiger partial charge in [-0.15, -0.1) is 0 Å². The summed E-state index contributed by atoms with van der Waals surface area (Å²) in [5.74, 6) is 1.81. The van der Waals surface area contributed by atoms with E-state index in [1.807, 2.05) is 6.07 Å². The standard InChI is InChI=1S/C15H20N2O/c1-11-9-17(10-11)6-5-12-8-16-15-4-3-13(18-2)7-14(12)15/h3-4,7-8,11,16H,5-6,9-10H2,1-2H3. The molecule has 1 N–H and O–H groups in total. The summed E-state index contributed by atoms with van der Waals surface area (Å²) in [6.07, 6.45) is 3.24. The van der Waals surface area contributed by atoms with Crippen molar-refractivity contribution >= 4 is 10.9 Å². The molecule has 0 unspecified atom stereocenters. The van der Waals surface area contributed by atoms with E-state index in [1.54, 1.807) is 7.11 Å². The van der Waals surface area contributed by atoms with Crippen molar-refractivity contribution in [2.75, 3.05) is 26.7 Å². The average Bonchev–Trinajstić information content (AvgIpc) is 2.75. The van der Waals surface area contributed by atoms with Crippen LogP contribution in [0.3, 0.4) is 0 Å². The highest BCUT2D eigenvalue weighted by Gasteiger charge is 2.21. The van der Waals surface area contributed by atoms with Crippen molar-refractivity contribution in [2.45, 2.75) is 13.3 Å². The van der Waals surface area contributed by atoms with Gasteiger partial charge >= 0.3 is 0 Å². The van der Waals surface area contributed by atoms with E-state index in [9.17, 15) is 0 Å². The van der Waals surface area contributed by atoms with E-state index in [4.69, 9.17) is 4.74 Å². The Hall–Kier alpha value is -1.48. The summed E-state index contributed by atoms with van der Waals surface area (Å²) in [5, 5.41) is 1.29. The van der Waals surface area contributed by atoms with Crippen LogP contribution in [0.1, 0.15) is 12.5 Å². The molecule has 0 amide bonds. The lowest BCUT2D eigenvalue weighted by Gasteiger charge is -2.37. The quantitative estimate of drug-likeness (QED) is 0.895. The third-order valence-corrected chi connectivity index (χ3v) is 3.81. The van der Waals surface area contributed by atoms with Crippen molar-refractivity contribution in [2.24, 2.45) is 5.92 Å². The molecule has 3 nitrogen and oxygen atoms in total. The molecular formula is C15H20N2O. The van der Waals surface area contributed by atoms with Crippen LogP contribution in [0.2, 0.25) is 0 Å². The maximum absolute atomic E-state index is 5.29. The summed E-state index contributed by atoms with van der Waals surface area (Å²) < 4.78 is 5.29. The van der Waals surface area contributed by atoms with E-state index >= 15 is 0 Å². The monoisotopic (exact) mass is 244 g/mol. The molecule has 1 saturated heterocycles. The molecule has 0 bridgehead atoms. The number of aromatic nitrogens is 1. The number of H-pyrrole nitrogens is 1. The van der Waals surface area contributed by atoms with Gasteiger partial charge in [-0.3, -0.25) is 0 Å². The number of likely N-dealkylation sites (tertiary alicyclic amines) is 1. The highest BCUT2D eigenvalue weighted by atomic mass is 16.5. The molecule has 0 saturated carbocycles. The van der Waals surface area contributed by atoms with Crippen LogP contribution in [0, 0.1) is 5.92 Å². The first-order valence-corrected chi connectivity index (χ1v) is 6.62. The van der Waals surface area contributed by atoms with Gasteiger partial charge in [-0.25, -0.2) is 0 Å². The van der Waals surface area contributed by atoms with E-state index in [0.29, 0.717) is 0 Å². The zero-order valence-electron chi connectivity index (χ0n) is 11.1. The molecule has 3 heteroatoms. The maximum atomic E-state index is 5.29. The van der Waals surface area contributed by atoms with E-state index in [1.165, 1.54) is 29.6 Å². The van der Waals surface area contributed by atoms with Crippen molar-refractivity contribution in [3.05, 3.63) is 30.0 Å². The molecule has 3 rings (SSSR count). The van der Waals surface area contributed by atoms with Crippen LogP contribution in [0.5, 0.6) is 5.75 Å². The molecule has 1 aliphatic heterocycles. The Kier molecular flexibility index (Phi) is 3.00. The molecule has 0 aliphatic carbocycles. The molecule has 2 aromatic rings. The molecule has 0 radical (unpaired) electrons. The molecule has 1 aromatic carbocycles. The Morgan fingerprint density at radius 2 is 2.22 bits per heavy atom. The molecular weight excluding hydrogens is 224 g/mol. The van der Waals surface area contributed by atoms with Crippen LogP contribution in [0.15, 0.2) is 24.4 Å². The van der Waals surface area contributed by atoms with Crippen molar-refractivity contribution in [3.63, 3.8) is 0 Å². The third kappa shape index (κ3) is 2.10. The number of fused-ring (bicyclic) bond motifs is 1. The van der Waals surface area contributed by atoms with Gasteiger partial charge in [0.1, 0.15) is 5.75 Å². The van der Waals surface area contributed by atoms with Crippen LogP contribution in [-0.4, -0.2) is 36.6 Å². The van der Waals surface area contributed by atoms with Gasteiger partial charge in [-0.2, -0.15) is 0 Å². The minimum absolute atomic E-state index is 0.882. The lowest BCUT2D eigenvalue weighted by atomic mass is 10.0. The number of ether oxygens (including phenoxy) is 1. The summed E-state index contributed by atoms with van der Waals surface area (Å²) in [7, 11) is 1.72. The van der Waals surface area contributed by atoms with Gasteiger partial charge < -0.3 is 14.6 Å². The first-order chi connectivity index (χ1) is 8.76.